The highest BCUT2D eigenvalue weighted by Gasteiger charge is 2.18. The van der Waals surface area contributed by atoms with Gasteiger partial charge in [-0.05, 0) is 36.6 Å². The SMILES string of the molecule is CC1Oc2ccc(Cc3ccccc3)cc2N=C1N. The van der Waals surface area contributed by atoms with Gasteiger partial charge in [0.25, 0.3) is 0 Å². The van der Waals surface area contributed by atoms with Gasteiger partial charge < -0.3 is 10.5 Å². The van der Waals surface area contributed by atoms with Gasteiger partial charge in [0.15, 0.2) is 6.10 Å². The number of benzene rings is 2. The number of aliphatic imine (C=N–C) groups is 1. The van der Waals surface area contributed by atoms with Crippen LogP contribution >= 0.6 is 0 Å². The van der Waals surface area contributed by atoms with Gasteiger partial charge in [-0.3, -0.25) is 0 Å². The van der Waals surface area contributed by atoms with E-state index in [2.05, 4.69) is 35.3 Å². The predicted molar refractivity (Wildman–Crippen MR) is 77.1 cm³/mol. The Morgan fingerprint density at radius 1 is 1.11 bits per heavy atom. The number of nitrogens with zero attached hydrogens (tertiary/aromatic N) is 1. The van der Waals surface area contributed by atoms with Crippen LogP contribution in [0.25, 0.3) is 0 Å². The third-order valence-corrected chi connectivity index (χ3v) is 3.24. The Labute approximate surface area is 112 Å². The van der Waals surface area contributed by atoms with Gasteiger partial charge in [0.1, 0.15) is 17.3 Å². The van der Waals surface area contributed by atoms with Crippen molar-refractivity contribution < 1.29 is 4.74 Å². The molecular formula is C16H16N2O. The van der Waals surface area contributed by atoms with Gasteiger partial charge in [-0.2, -0.15) is 0 Å². The van der Waals surface area contributed by atoms with Crippen LogP contribution in [0.15, 0.2) is 53.5 Å². The Balaban J connectivity index is 1.89. The number of hydrogen-bond acceptors (Lipinski definition) is 3. The van der Waals surface area contributed by atoms with Gasteiger partial charge in [-0.1, -0.05) is 36.4 Å². The van der Waals surface area contributed by atoms with Crippen molar-refractivity contribution in [2.75, 3.05) is 0 Å². The molecular weight excluding hydrogens is 236 g/mol. The molecule has 3 heteroatoms. The molecule has 2 aromatic carbocycles. The largest absolute Gasteiger partial charge is 0.481 e. The Morgan fingerprint density at radius 2 is 1.89 bits per heavy atom. The topological polar surface area (TPSA) is 47.6 Å². The number of hydrogen-bond donors (Lipinski definition) is 1. The van der Waals surface area contributed by atoms with Gasteiger partial charge >= 0.3 is 0 Å². The van der Waals surface area contributed by atoms with E-state index in [0.717, 1.165) is 17.9 Å². The quantitative estimate of drug-likeness (QED) is 0.893. The third kappa shape index (κ3) is 2.45. The molecule has 1 heterocycles. The Kier molecular flexibility index (Phi) is 2.95. The van der Waals surface area contributed by atoms with Crippen LogP contribution in [-0.4, -0.2) is 11.9 Å². The van der Waals surface area contributed by atoms with Gasteiger partial charge in [0.2, 0.25) is 0 Å². The summed E-state index contributed by atoms with van der Waals surface area (Å²) in [5, 5.41) is 0. The molecule has 1 aliphatic heterocycles. The number of fused-ring (bicyclic) bond motifs is 1. The fraction of sp³-hybridized carbons (Fsp3) is 0.188. The average Bonchev–Trinajstić information content (AvgIpc) is 2.42. The molecule has 0 radical (unpaired) electrons. The van der Waals surface area contributed by atoms with Gasteiger partial charge in [-0.15, -0.1) is 0 Å². The molecule has 19 heavy (non-hydrogen) atoms. The summed E-state index contributed by atoms with van der Waals surface area (Å²) in [6.07, 6.45) is 0.742. The molecule has 0 aromatic heterocycles. The Bertz CT molecular complexity index is 620. The molecule has 1 atom stereocenters. The molecule has 0 fully saturated rings. The maximum Gasteiger partial charge on any atom is 0.153 e. The number of nitrogens with two attached hydrogens (primary N) is 1. The lowest BCUT2D eigenvalue weighted by Crippen LogP contribution is -2.33. The van der Waals surface area contributed by atoms with Gasteiger partial charge in [-0.25, -0.2) is 4.99 Å². The molecule has 0 aliphatic carbocycles. The second-order valence-electron chi connectivity index (χ2n) is 4.76. The summed E-state index contributed by atoms with van der Waals surface area (Å²) in [5.41, 5.74) is 9.13. The van der Waals surface area contributed by atoms with Crippen LogP contribution in [0.5, 0.6) is 5.75 Å². The van der Waals surface area contributed by atoms with E-state index < -0.39 is 0 Å². The molecule has 96 valence electrons. The zero-order valence-electron chi connectivity index (χ0n) is 10.8. The van der Waals surface area contributed by atoms with Crippen molar-refractivity contribution in [3.63, 3.8) is 0 Å². The summed E-state index contributed by atoms with van der Waals surface area (Å²) >= 11 is 0. The lowest BCUT2D eigenvalue weighted by molar-refractivity contribution is 0.281. The summed E-state index contributed by atoms with van der Waals surface area (Å²) < 4.78 is 5.69. The second-order valence-corrected chi connectivity index (χ2v) is 4.76. The van der Waals surface area contributed by atoms with E-state index in [1.165, 1.54) is 11.1 Å². The maximum atomic E-state index is 5.82. The molecule has 0 bridgehead atoms. The van der Waals surface area contributed by atoms with Crippen molar-refractivity contribution in [3.05, 3.63) is 59.7 Å². The van der Waals surface area contributed by atoms with Crippen LogP contribution in [-0.2, 0) is 6.42 Å². The van der Waals surface area contributed by atoms with Crippen molar-refractivity contribution in [2.45, 2.75) is 19.4 Å². The van der Waals surface area contributed by atoms with Crippen molar-refractivity contribution >= 4 is 11.5 Å². The van der Waals surface area contributed by atoms with Crippen LogP contribution in [0.2, 0.25) is 0 Å². The maximum absolute atomic E-state index is 5.82. The van der Waals surface area contributed by atoms with Crippen LogP contribution in [0, 0.1) is 0 Å². The van der Waals surface area contributed by atoms with E-state index in [9.17, 15) is 0 Å². The molecule has 2 N–H and O–H groups in total. The Hall–Kier alpha value is -2.29. The summed E-state index contributed by atoms with van der Waals surface area (Å²) in [6, 6.07) is 16.5. The summed E-state index contributed by atoms with van der Waals surface area (Å²) in [4.78, 5) is 4.40. The van der Waals surface area contributed by atoms with E-state index in [4.69, 9.17) is 10.5 Å². The molecule has 1 aliphatic rings. The first-order valence-electron chi connectivity index (χ1n) is 6.40. The van der Waals surface area contributed by atoms with E-state index in [0.29, 0.717) is 5.84 Å². The molecule has 0 saturated carbocycles. The second kappa shape index (κ2) is 4.76. The monoisotopic (exact) mass is 252 g/mol. The molecule has 0 spiro atoms. The normalized spacial score (nSPS) is 17.3. The molecule has 3 nitrogen and oxygen atoms in total. The molecule has 3 rings (SSSR count). The lowest BCUT2D eigenvalue weighted by atomic mass is 10.0. The highest BCUT2D eigenvalue weighted by Crippen LogP contribution is 2.33. The first-order valence-corrected chi connectivity index (χ1v) is 6.40. The van der Waals surface area contributed by atoms with E-state index in [1.54, 1.807) is 0 Å². The lowest BCUT2D eigenvalue weighted by Gasteiger charge is -2.21. The minimum atomic E-state index is -0.146. The molecule has 2 aromatic rings. The standard InChI is InChI=1S/C16H16N2O/c1-11-16(17)18-14-10-13(7-8-15(14)19-11)9-12-5-3-2-4-6-12/h2-8,10-11H,9H2,1H3,(H2,17,18). The zero-order valence-corrected chi connectivity index (χ0v) is 10.8. The molecule has 0 amide bonds. The number of rotatable bonds is 2. The van der Waals surface area contributed by atoms with Crippen molar-refractivity contribution in [2.24, 2.45) is 10.7 Å². The first kappa shape index (κ1) is 11.8. The highest BCUT2D eigenvalue weighted by molar-refractivity contribution is 5.89. The van der Waals surface area contributed by atoms with Crippen molar-refractivity contribution in [1.29, 1.82) is 0 Å². The summed E-state index contributed by atoms with van der Waals surface area (Å²) in [6.45, 7) is 1.90. The van der Waals surface area contributed by atoms with Crippen LogP contribution in [0.1, 0.15) is 18.1 Å². The van der Waals surface area contributed by atoms with Crippen LogP contribution in [0.3, 0.4) is 0 Å². The predicted octanol–water partition coefficient (Wildman–Crippen LogP) is 3.05. The summed E-state index contributed by atoms with van der Waals surface area (Å²) in [7, 11) is 0. The van der Waals surface area contributed by atoms with Crippen LogP contribution < -0.4 is 10.5 Å². The van der Waals surface area contributed by atoms with Gasteiger partial charge in [0.05, 0.1) is 0 Å². The number of amidine groups is 1. The van der Waals surface area contributed by atoms with E-state index >= 15 is 0 Å². The molecule has 1 unspecified atom stereocenters. The smallest absolute Gasteiger partial charge is 0.153 e. The van der Waals surface area contributed by atoms with Gasteiger partial charge in [0, 0.05) is 0 Å². The summed E-state index contributed by atoms with van der Waals surface area (Å²) in [5.74, 6) is 1.34. The minimum absolute atomic E-state index is 0.146. The fourth-order valence-corrected chi connectivity index (χ4v) is 2.17. The first-order chi connectivity index (χ1) is 9.22. The molecule has 0 saturated heterocycles. The Morgan fingerprint density at radius 3 is 2.68 bits per heavy atom. The number of ether oxygens (including phenoxy) is 1. The minimum Gasteiger partial charge on any atom is -0.481 e. The third-order valence-electron chi connectivity index (χ3n) is 3.24. The van der Waals surface area contributed by atoms with Crippen molar-refractivity contribution in [1.82, 2.24) is 0 Å². The zero-order chi connectivity index (χ0) is 13.2. The average molecular weight is 252 g/mol. The van der Waals surface area contributed by atoms with E-state index in [1.807, 2.05) is 25.1 Å². The van der Waals surface area contributed by atoms with E-state index in [-0.39, 0.29) is 6.10 Å². The fourth-order valence-electron chi connectivity index (χ4n) is 2.17. The highest BCUT2D eigenvalue weighted by atomic mass is 16.5. The van der Waals surface area contributed by atoms with Crippen molar-refractivity contribution in [3.8, 4) is 5.75 Å². The van der Waals surface area contributed by atoms with Crippen LogP contribution in [0.4, 0.5) is 5.69 Å².